The number of rotatable bonds is 4. The van der Waals surface area contributed by atoms with Crippen LogP contribution in [-0.2, 0) is 0 Å². The van der Waals surface area contributed by atoms with Crippen LogP contribution in [0.5, 0.6) is 28.7 Å². The average Bonchev–Trinajstić information content (AvgIpc) is 2.59. The van der Waals surface area contributed by atoms with E-state index in [9.17, 15) is 10.2 Å². The molecule has 0 radical (unpaired) electrons. The van der Waals surface area contributed by atoms with Gasteiger partial charge >= 0.3 is 11.3 Å². The Morgan fingerprint density at radius 1 is 0.840 bits per heavy atom. The third-order valence-corrected chi connectivity index (χ3v) is 3.98. The fourth-order valence-electron chi connectivity index (χ4n) is 2.85. The number of phenolic OH excluding ortho intramolecular Hbond substituents is 2. The van der Waals surface area contributed by atoms with Crippen LogP contribution in [0.1, 0.15) is 5.56 Å². The Morgan fingerprint density at radius 3 is 2.04 bits per heavy atom. The zero-order valence-electron chi connectivity index (χ0n) is 14.4. The normalized spacial score (nSPS) is 10.7. The molecular weight excluding hydrogens is 324 g/mol. The minimum atomic E-state index is -0.0739. The lowest BCUT2D eigenvalue weighted by molar-refractivity contribution is 0.324. The first-order chi connectivity index (χ1) is 12.0. The maximum absolute atomic E-state index is 10.1. The summed E-state index contributed by atoms with van der Waals surface area (Å²) in [4.78, 5) is 0. The van der Waals surface area contributed by atoms with Gasteiger partial charge in [0.15, 0.2) is 11.5 Å². The van der Waals surface area contributed by atoms with E-state index >= 15 is 0 Å². The van der Waals surface area contributed by atoms with Crippen molar-refractivity contribution in [3.8, 4) is 40.1 Å². The van der Waals surface area contributed by atoms with Crippen LogP contribution in [0.2, 0.25) is 0 Å². The summed E-state index contributed by atoms with van der Waals surface area (Å²) in [7, 11) is 4.62. The molecule has 0 bridgehead atoms. The maximum atomic E-state index is 10.1. The topological polar surface area (TPSA) is 79.5 Å². The van der Waals surface area contributed by atoms with Gasteiger partial charge in [0.05, 0.1) is 33.0 Å². The van der Waals surface area contributed by atoms with E-state index in [1.165, 1.54) is 19.2 Å². The van der Waals surface area contributed by atoms with Crippen molar-refractivity contribution in [3.05, 3.63) is 35.9 Å². The first-order valence-electron chi connectivity index (χ1n) is 7.58. The smallest absolute Gasteiger partial charge is 0.368 e. The molecule has 0 saturated carbocycles. The van der Waals surface area contributed by atoms with Crippen LogP contribution in [-0.4, -0.2) is 31.5 Å². The van der Waals surface area contributed by atoms with Crippen LogP contribution in [0.3, 0.4) is 0 Å². The van der Waals surface area contributed by atoms with Gasteiger partial charge in [-0.15, -0.1) is 0 Å². The lowest BCUT2D eigenvalue weighted by Gasteiger charge is -2.12. The number of benzene rings is 2. The molecule has 0 unspecified atom stereocenters. The Balaban J connectivity index is 2.26. The molecule has 130 valence electrons. The van der Waals surface area contributed by atoms with E-state index in [1.54, 1.807) is 32.4 Å². The summed E-state index contributed by atoms with van der Waals surface area (Å²) >= 11 is 0. The van der Waals surface area contributed by atoms with E-state index < -0.39 is 0 Å². The number of hydrogen-bond acceptors (Lipinski definition) is 5. The molecule has 2 aromatic carbocycles. The molecule has 2 N–H and O–H groups in total. The van der Waals surface area contributed by atoms with E-state index in [0.29, 0.717) is 39.5 Å². The van der Waals surface area contributed by atoms with Crippen molar-refractivity contribution in [2.24, 2.45) is 0 Å². The Hall–Kier alpha value is -3.15. The quantitative estimate of drug-likeness (QED) is 0.694. The summed E-state index contributed by atoms with van der Waals surface area (Å²) in [5.74, 6) is 1.92. The van der Waals surface area contributed by atoms with Crippen molar-refractivity contribution in [2.45, 2.75) is 6.92 Å². The summed E-state index contributed by atoms with van der Waals surface area (Å²) in [6, 6.07) is 8.09. The minimum absolute atomic E-state index is 0.0345. The molecule has 0 aliphatic rings. The van der Waals surface area contributed by atoms with Crippen molar-refractivity contribution >= 4 is 11.0 Å². The van der Waals surface area contributed by atoms with Crippen LogP contribution >= 0.6 is 0 Å². The lowest BCUT2D eigenvalue weighted by atomic mass is 10.1. The average molecular weight is 343 g/mol. The van der Waals surface area contributed by atoms with Gasteiger partial charge in [-0.05, 0) is 12.5 Å². The van der Waals surface area contributed by atoms with E-state index in [-0.39, 0.29) is 11.5 Å². The summed E-state index contributed by atoms with van der Waals surface area (Å²) in [6.45, 7) is 1.86. The van der Waals surface area contributed by atoms with Gasteiger partial charge in [-0.3, -0.25) is 0 Å². The largest absolute Gasteiger partial charge is 0.507 e. The molecule has 0 fully saturated rings. The first-order valence-corrected chi connectivity index (χ1v) is 7.58. The van der Waals surface area contributed by atoms with Gasteiger partial charge in [-0.2, -0.15) is 0 Å². The third-order valence-electron chi connectivity index (χ3n) is 3.98. The van der Waals surface area contributed by atoms with E-state index in [1.807, 2.05) is 6.92 Å². The predicted octanol–water partition coefficient (Wildman–Crippen LogP) is 4.13. The number of aromatic hydroxyl groups is 2. The van der Waals surface area contributed by atoms with Crippen molar-refractivity contribution in [2.75, 3.05) is 21.3 Å². The molecule has 3 rings (SSSR count). The maximum Gasteiger partial charge on any atom is 0.368 e. The van der Waals surface area contributed by atoms with Gasteiger partial charge in [0.25, 0.3) is 0 Å². The fourth-order valence-corrected chi connectivity index (χ4v) is 2.85. The summed E-state index contributed by atoms with van der Waals surface area (Å²) < 4.78 is 22.0. The van der Waals surface area contributed by atoms with Crippen LogP contribution in [0.4, 0.5) is 0 Å². The third kappa shape index (κ3) is 2.87. The van der Waals surface area contributed by atoms with Gasteiger partial charge < -0.3 is 24.4 Å². The van der Waals surface area contributed by atoms with Gasteiger partial charge in [0.1, 0.15) is 16.9 Å². The van der Waals surface area contributed by atoms with Gasteiger partial charge in [-0.25, -0.2) is 4.42 Å². The number of fused-ring (bicyclic) bond motifs is 1. The molecule has 0 aliphatic carbocycles. The van der Waals surface area contributed by atoms with Crippen molar-refractivity contribution in [1.29, 1.82) is 0 Å². The highest BCUT2D eigenvalue weighted by atomic mass is 16.5. The molecule has 1 aromatic heterocycles. The second kappa shape index (κ2) is 6.39. The monoisotopic (exact) mass is 343 g/mol. The Bertz CT molecular complexity index is 923. The highest BCUT2D eigenvalue weighted by Crippen LogP contribution is 2.42. The highest BCUT2D eigenvalue weighted by molar-refractivity contribution is 5.89. The van der Waals surface area contributed by atoms with Crippen molar-refractivity contribution < 1.29 is 28.8 Å². The standard InChI is InChI=1S/C19H18O6/c1-10-5-14(25-15-9-12(20)8-13(21)18(10)15)11-6-16(22-2)19(24-4)17(7-11)23-3/h5-9H,1-4H3,(H-,20,21)/p+1. The molecule has 6 nitrogen and oxygen atoms in total. The SMILES string of the molecule is COc1cc(-c2cc(C)c3c(O)cc(O)cc3[o+]2)cc(OC)c1OC. The zero-order chi connectivity index (χ0) is 18.1. The Kier molecular flexibility index (Phi) is 4.27. The van der Waals surface area contributed by atoms with Crippen LogP contribution in [0, 0.1) is 6.92 Å². The molecule has 0 amide bonds. The number of aryl methyl sites for hydroxylation is 1. The lowest BCUT2D eigenvalue weighted by Crippen LogP contribution is -1.96. The zero-order valence-corrected chi connectivity index (χ0v) is 14.4. The highest BCUT2D eigenvalue weighted by Gasteiger charge is 2.24. The second-order valence-corrected chi connectivity index (χ2v) is 5.55. The molecule has 0 saturated heterocycles. The van der Waals surface area contributed by atoms with Crippen molar-refractivity contribution in [1.82, 2.24) is 0 Å². The van der Waals surface area contributed by atoms with E-state index in [2.05, 4.69) is 0 Å². The summed E-state index contributed by atoms with van der Waals surface area (Å²) in [5, 5.41) is 20.3. The molecule has 6 heteroatoms. The van der Waals surface area contributed by atoms with Gasteiger partial charge in [0, 0.05) is 24.3 Å². The van der Waals surface area contributed by atoms with E-state index in [0.717, 1.165) is 5.56 Å². The number of hydrogen-bond donors (Lipinski definition) is 2. The minimum Gasteiger partial charge on any atom is -0.507 e. The van der Waals surface area contributed by atoms with Gasteiger partial charge in [0.2, 0.25) is 5.75 Å². The summed E-state index contributed by atoms with van der Waals surface area (Å²) in [6.07, 6.45) is 0. The van der Waals surface area contributed by atoms with Crippen molar-refractivity contribution in [3.63, 3.8) is 0 Å². The number of ether oxygens (including phenoxy) is 3. The first kappa shape index (κ1) is 16.7. The predicted molar refractivity (Wildman–Crippen MR) is 93.8 cm³/mol. The van der Waals surface area contributed by atoms with Gasteiger partial charge in [-0.1, -0.05) is 0 Å². The molecule has 25 heavy (non-hydrogen) atoms. The van der Waals surface area contributed by atoms with Crippen LogP contribution < -0.4 is 14.2 Å². The summed E-state index contributed by atoms with van der Waals surface area (Å²) in [5.41, 5.74) is 1.89. The number of phenols is 2. The molecule has 0 spiro atoms. The van der Waals surface area contributed by atoms with Crippen LogP contribution in [0.25, 0.3) is 22.3 Å². The van der Waals surface area contributed by atoms with Crippen LogP contribution in [0.15, 0.2) is 34.7 Å². The molecule has 0 aliphatic heterocycles. The Morgan fingerprint density at radius 2 is 1.48 bits per heavy atom. The molecule has 0 atom stereocenters. The Labute approximate surface area is 144 Å². The van der Waals surface area contributed by atoms with E-state index in [4.69, 9.17) is 18.6 Å². The molecule has 1 heterocycles. The fraction of sp³-hybridized carbons (Fsp3) is 0.211. The number of methoxy groups -OCH3 is 3. The molecule has 3 aromatic rings. The molecular formula is C19H19O6+. The second-order valence-electron chi connectivity index (χ2n) is 5.55.